The lowest BCUT2D eigenvalue weighted by Gasteiger charge is -1.99. The van der Waals surface area contributed by atoms with Gasteiger partial charge in [-0.1, -0.05) is 19.9 Å². The Morgan fingerprint density at radius 1 is 1.53 bits per heavy atom. The third kappa shape index (κ3) is 2.15. The Labute approximate surface area is 92.1 Å². The fourth-order valence-corrected chi connectivity index (χ4v) is 1.83. The summed E-state index contributed by atoms with van der Waals surface area (Å²) in [5, 5.41) is 1.96. The van der Waals surface area contributed by atoms with Gasteiger partial charge in [0.1, 0.15) is 0 Å². The molecule has 2 heterocycles. The standard InChI is InChI=1S/C11H11NO2S/c1-7(2)10-12-9(11(13)14-10)6-8-4-3-5-15-8/h3-7H,1-2H3/b9-6+. The predicted molar refractivity (Wildman–Crippen MR) is 60.7 cm³/mol. The van der Waals surface area contributed by atoms with Crippen molar-refractivity contribution in [2.75, 3.05) is 0 Å². The summed E-state index contributed by atoms with van der Waals surface area (Å²) in [6, 6.07) is 3.87. The van der Waals surface area contributed by atoms with Crippen LogP contribution in [-0.2, 0) is 9.53 Å². The minimum atomic E-state index is -0.355. The lowest BCUT2D eigenvalue weighted by atomic mass is 10.2. The van der Waals surface area contributed by atoms with E-state index in [1.54, 1.807) is 17.4 Å². The molecule has 0 aromatic carbocycles. The second-order valence-corrected chi connectivity index (χ2v) is 4.52. The highest BCUT2D eigenvalue weighted by Crippen LogP contribution is 2.20. The van der Waals surface area contributed by atoms with Gasteiger partial charge in [0, 0.05) is 10.8 Å². The fraction of sp³-hybridized carbons (Fsp3) is 0.273. The molecule has 4 heteroatoms. The Hall–Kier alpha value is -1.42. The molecule has 1 aliphatic rings. The van der Waals surface area contributed by atoms with Gasteiger partial charge in [-0.25, -0.2) is 9.79 Å². The van der Waals surface area contributed by atoms with E-state index in [-0.39, 0.29) is 11.9 Å². The Bertz CT molecular complexity index is 429. The van der Waals surface area contributed by atoms with E-state index < -0.39 is 0 Å². The number of esters is 1. The van der Waals surface area contributed by atoms with Gasteiger partial charge in [0.2, 0.25) is 5.90 Å². The molecular weight excluding hydrogens is 210 g/mol. The van der Waals surface area contributed by atoms with Crippen LogP contribution >= 0.6 is 11.3 Å². The molecule has 2 rings (SSSR count). The molecule has 0 atom stereocenters. The van der Waals surface area contributed by atoms with Crippen molar-refractivity contribution in [3.8, 4) is 0 Å². The molecule has 1 aliphatic heterocycles. The third-order valence-corrected chi connectivity index (χ3v) is 2.77. The number of hydrogen-bond acceptors (Lipinski definition) is 4. The second-order valence-electron chi connectivity index (χ2n) is 3.54. The van der Waals surface area contributed by atoms with E-state index in [1.807, 2.05) is 31.4 Å². The molecule has 0 saturated carbocycles. The molecule has 0 aliphatic carbocycles. The molecule has 3 nitrogen and oxygen atoms in total. The number of thiophene rings is 1. The number of cyclic esters (lactones) is 1. The number of hydrogen-bond donors (Lipinski definition) is 0. The number of rotatable bonds is 2. The van der Waals surface area contributed by atoms with Gasteiger partial charge in [0.05, 0.1) is 0 Å². The molecule has 0 N–H and O–H groups in total. The average molecular weight is 221 g/mol. The Balaban J connectivity index is 2.27. The first-order valence-corrected chi connectivity index (χ1v) is 5.61. The van der Waals surface area contributed by atoms with Crippen molar-refractivity contribution >= 4 is 29.3 Å². The van der Waals surface area contributed by atoms with Crippen molar-refractivity contribution in [2.45, 2.75) is 13.8 Å². The normalized spacial score (nSPS) is 18.5. The molecule has 0 unspecified atom stereocenters. The van der Waals surface area contributed by atoms with Crippen LogP contribution in [0.25, 0.3) is 6.08 Å². The van der Waals surface area contributed by atoms with Crippen LogP contribution in [0.2, 0.25) is 0 Å². The molecule has 1 aromatic heterocycles. The van der Waals surface area contributed by atoms with Crippen molar-refractivity contribution in [1.29, 1.82) is 0 Å². The summed E-state index contributed by atoms with van der Waals surface area (Å²) in [5.41, 5.74) is 0.390. The summed E-state index contributed by atoms with van der Waals surface area (Å²) in [6.45, 7) is 3.89. The summed E-state index contributed by atoms with van der Waals surface area (Å²) >= 11 is 1.57. The zero-order valence-electron chi connectivity index (χ0n) is 8.56. The third-order valence-electron chi connectivity index (χ3n) is 1.95. The molecule has 0 amide bonds. The lowest BCUT2D eigenvalue weighted by molar-refractivity contribution is -0.130. The van der Waals surface area contributed by atoms with Crippen LogP contribution in [0, 0.1) is 5.92 Å². The van der Waals surface area contributed by atoms with Crippen LogP contribution in [0.15, 0.2) is 28.2 Å². The van der Waals surface area contributed by atoms with Crippen LogP contribution in [-0.4, -0.2) is 11.9 Å². The molecule has 1 aromatic rings. The maximum Gasteiger partial charge on any atom is 0.363 e. The van der Waals surface area contributed by atoms with Crippen molar-refractivity contribution in [2.24, 2.45) is 10.9 Å². The van der Waals surface area contributed by atoms with E-state index in [2.05, 4.69) is 4.99 Å². The van der Waals surface area contributed by atoms with Gasteiger partial charge in [0.25, 0.3) is 0 Å². The maximum absolute atomic E-state index is 11.4. The number of carbonyl (C=O) groups excluding carboxylic acids is 1. The molecule has 78 valence electrons. The zero-order chi connectivity index (χ0) is 10.8. The summed E-state index contributed by atoms with van der Waals surface area (Å²) in [6.07, 6.45) is 1.75. The molecule has 0 radical (unpaired) electrons. The van der Waals surface area contributed by atoms with Gasteiger partial charge >= 0.3 is 5.97 Å². The Morgan fingerprint density at radius 3 is 2.87 bits per heavy atom. The first-order valence-electron chi connectivity index (χ1n) is 4.73. The molecule has 0 fully saturated rings. The molecule has 0 spiro atoms. The van der Waals surface area contributed by atoms with Crippen LogP contribution in [0.1, 0.15) is 18.7 Å². The van der Waals surface area contributed by atoms with Crippen LogP contribution in [0.4, 0.5) is 0 Å². The number of aliphatic imine (C=N–C) groups is 1. The predicted octanol–water partition coefficient (Wildman–Crippen LogP) is 2.70. The Morgan fingerprint density at radius 2 is 2.33 bits per heavy atom. The number of ether oxygens (including phenoxy) is 1. The van der Waals surface area contributed by atoms with Crippen LogP contribution in [0.5, 0.6) is 0 Å². The van der Waals surface area contributed by atoms with Gasteiger partial charge in [-0.2, -0.15) is 0 Å². The average Bonchev–Trinajstić information content (AvgIpc) is 2.77. The SMILES string of the molecule is CC(C)C1=N/C(=C/c2cccs2)C(=O)O1. The molecule has 0 saturated heterocycles. The molecule has 0 bridgehead atoms. The van der Waals surface area contributed by atoms with Gasteiger partial charge in [-0.3, -0.25) is 0 Å². The largest absolute Gasteiger partial charge is 0.407 e. The van der Waals surface area contributed by atoms with Crippen molar-refractivity contribution < 1.29 is 9.53 Å². The van der Waals surface area contributed by atoms with Crippen molar-refractivity contribution in [3.63, 3.8) is 0 Å². The smallest absolute Gasteiger partial charge is 0.363 e. The minimum Gasteiger partial charge on any atom is -0.407 e. The summed E-state index contributed by atoms with van der Waals surface area (Å²) in [5.74, 6) is 0.290. The highest BCUT2D eigenvalue weighted by atomic mass is 32.1. The quantitative estimate of drug-likeness (QED) is 0.569. The highest BCUT2D eigenvalue weighted by molar-refractivity contribution is 7.10. The monoisotopic (exact) mass is 221 g/mol. The second kappa shape index (κ2) is 3.98. The van der Waals surface area contributed by atoms with Gasteiger partial charge in [-0.05, 0) is 17.5 Å². The van der Waals surface area contributed by atoms with E-state index in [0.717, 1.165) is 4.88 Å². The first-order chi connectivity index (χ1) is 7.16. The first kappa shape index (κ1) is 10.1. The number of carbonyl (C=O) groups is 1. The van der Waals surface area contributed by atoms with Crippen molar-refractivity contribution in [1.82, 2.24) is 0 Å². The van der Waals surface area contributed by atoms with E-state index in [0.29, 0.717) is 11.6 Å². The minimum absolute atomic E-state index is 0.142. The lowest BCUT2D eigenvalue weighted by Crippen LogP contribution is -2.09. The van der Waals surface area contributed by atoms with E-state index in [9.17, 15) is 4.79 Å². The van der Waals surface area contributed by atoms with E-state index >= 15 is 0 Å². The Kier molecular flexibility index (Phi) is 2.68. The van der Waals surface area contributed by atoms with Gasteiger partial charge < -0.3 is 4.74 Å². The van der Waals surface area contributed by atoms with Crippen LogP contribution < -0.4 is 0 Å². The van der Waals surface area contributed by atoms with Crippen LogP contribution in [0.3, 0.4) is 0 Å². The molecule has 15 heavy (non-hydrogen) atoms. The fourth-order valence-electron chi connectivity index (χ4n) is 1.18. The summed E-state index contributed by atoms with van der Waals surface area (Å²) < 4.78 is 5.03. The maximum atomic E-state index is 11.4. The highest BCUT2D eigenvalue weighted by Gasteiger charge is 2.24. The zero-order valence-corrected chi connectivity index (χ0v) is 9.38. The molecular formula is C11H11NO2S. The van der Waals surface area contributed by atoms with E-state index in [4.69, 9.17) is 4.74 Å². The number of nitrogens with zero attached hydrogens (tertiary/aromatic N) is 1. The summed E-state index contributed by atoms with van der Waals surface area (Å²) in [4.78, 5) is 16.6. The summed E-state index contributed by atoms with van der Waals surface area (Å²) in [7, 11) is 0. The van der Waals surface area contributed by atoms with E-state index in [1.165, 1.54) is 0 Å². The van der Waals surface area contributed by atoms with Gasteiger partial charge in [0.15, 0.2) is 5.70 Å². The van der Waals surface area contributed by atoms with Gasteiger partial charge in [-0.15, -0.1) is 11.3 Å². The topological polar surface area (TPSA) is 38.7 Å². The van der Waals surface area contributed by atoms with Crippen molar-refractivity contribution in [3.05, 3.63) is 28.1 Å².